The van der Waals surface area contributed by atoms with Crippen LogP contribution in [0.15, 0.2) is 27.6 Å². The molecule has 1 heterocycles. The Kier molecular flexibility index (Phi) is 3.68. The van der Waals surface area contributed by atoms with Crippen molar-refractivity contribution in [3.8, 4) is 0 Å². The number of nitrogens with one attached hydrogen (secondary N) is 1. The normalized spacial score (nSPS) is 10.7. The standard InChI is InChI=1S/C12H10BrFN2O3/c1-16(19-2)12(18)8-5-15-10-7(11(8)17)3-6(13)4-9(10)14/h3-5H,1-2H3,(H,15,17). The Morgan fingerprint density at radius 3 is 2.79 bits per heavy atom. The Morgan fingerprint density at radius 2 is 2.16 bits per heavy atom. The number of H-pyrrole nitrogens is 1. The molecule has 0 fully saturated rings. The number of hydrogen-bond donors (Lipinski definition) is 1. The molecule has 5 nitrogen and oxygen atoms in total. The molecule has 0 radical (unpaired) electrons. The molecule has 0 bridgehead atoms. The molecule has 0 aliphatic rings. The number of aromatic amines is 1. The number of carbonyl (C=O) groups excluding carboxylic acids is 1. The van der Waals surface area contributed by atoms with E-state index in [4.69, 9.17) is 4.84 Å². The average molecular weight is 329 g/mol. The van der Waals surface area contributed by atoms with E-state index < -0.39 is 17.2 Å². The summed E-state index contributed by atoms with van der Waals surface area (Å²) in [7, 11) is 2.69. The third-order valence-electron chi connectivity index (χ3n) is 2.70. The zero-order valence-electron chi connectivity index (χ0n) is 10.2. The molecule has 2 rings (SSSR count). The topological polar surface area (TPSA) is 62.4 Å². The highest BCUT2D eigenvalue weighted by Gasteiger charge is 2.18. The number of nitrogens with zero attached hydrogens (tertiary/aromatic N) is 1. The molecule has 0 spiro atoms. The van der Waals surface area contributed by atoms with Gasteiger partial charge < -0.3 is 4.98 Å². The van der Waals surface area contributed by atoms with Crippen molar-refractivity contribution in [3.05, 3.63) is 44.4 Å². The molecular weight excluding hydrogens is 319 g/mol. The quantitative estimate of drug-likeness (QED) is 0.858. The molecule has 19 heavy (non-hydrogen) atoms. The van der Waals surface area contributed by atoms with Crippen LogP contribution in [0.1, 0.15) is 10.4 Å². The highest BCUT2D eigenvalue weighted by Crippen LogP contribution is 2.19. The molecule has 1 aromatic carbocycles. The van der Waals surface area contributed by atoms with E-state index in [0.717, 1.165) is 5.06 Å². The number of pyridine rings is 1. The van der Waals surface area contributed by atoms with Crippen molar-refractivity contribution in [2.45, 2.75) is 0 Å². The summed E-state index contributed by atoms with van der Waals surface area (Å²) in [6, 6.07) is 2.70. The molecule has 0 aliphatic heterocycles. The lowest BCUT2D eigenvalue weighted by molar-refractivity contribution is -0.0757. The summed E-state index contributed by atoms with van der Waals surface area (Å²) >= 11 is 3.11. The third kappa shape index (κ3) is 2.39. The predicted molar refractivity (Wildman–Crippen MR) is 71.3 cm³/mol. The van der Waals surface area contributed by atoms with Gasteiger partial charge >= 0.3 is 0 Å². The van der Waals surface area contributed by atoms with E-state index >= 15 is 0 Å². The van der Waals surface area contributed by atoms with Gasteiger partial charge in [-0.3, -0.25) is 14.4 Å². The fourth-order valence-corrected chi connectivity index (χ4v) is 2.10. The summed E-state index contributed by atoms with van der Waals surface area (Å²) in [6.45, 7) is 0. The molecule has 1 amide bonds. The second-order valence-corrected chi connectivity index (χ2v) is 4.74. The highest BCUT2D eigenvalue weighted by atomic mass is 79.9. The summed E-state index contributed by atoms with van der Waals surface area (Å²) in [5.74, 6) is -1.17. The van der Waals surface area contributed by atoms with Crippen molar-refractivity contribution >= 4 is 32.7 Å². The van der Waals surface area contributed by atoms with Crippen molar-refractivity contribution in [1.82, 2.24) is 10.0 Å². The Labute approximate surface area is 116 Å². The van der Waals surface area contributed by atoms with Crippen LogP contribution in [0.25, 0.3) is 10.9 Å². The first-order valence-electron chi connectivity index (χ1n) is 5.28. The molecule has 0 aliphatic carbocycles. The van der Waals surface area contributed by atoms with Gasteiger partial charge in [-0.2, -0.15) is 0 Å². The maximum Gasteiger partial charge on any atom is 0.282 e. The third-order valence-corrected chi connectivity index (χ3v) is 3.15. The van der Waals surface area contributed by atoms with Gasteiger partial charge in [0, 0.05) is 17.7 Å². The van der Waals surface area contributed by atoms with E-state index in [2.05, 4.69) is 20.9 Å². The number of hydrogen-bond acceptors (Lipinski definition) is 3. The van der Waals surface area contributed by atoms with Crippen LogP contribution in [0.3, 0.4) is 0 Å². The predicted octanol–water partition coefficient (Wildman–Crippen LogP) is 2.06. The van der Waals surface area contributed by atoms with Gasteiger partial charge in [0.05, 0.1) is 18.0 Å². The number of amides is 1. The number of benzene rings is 1. The Hall–Kier alpha value is -1.73. The molecule has 7 heteroatoms. The molecule has 0 saturated carbocycles. The van der Waals surface area contributed by atoms with Crippen molar-refractivity contribution in [3.63, 3.8) is 0 Å². The van der Waals surface area contributed by atoms with Crippen LogP contribution in [0.5, 0.6) is 0 Å². The number of halogens is 2. The van der Waals surface area contributed by atoms with E-state index in [1.807, 2.05) is 0 Å². The van der Waals surface area contributed by atoms with Crippen molar-refractivity contribution < 1.29 is 14.0 Å². The molecule has 0 atom stereocenters. The van der Waals surface area contributed by atoms with Crippen molar-refractivity contribution in [2.75, 3.05) is 14.2 Å². The lowest BCUT2D eigenvalue weighted by Gasteiger charge is -2.13. The SMILES string of the molecule is CON(C)C(=O)c1c[nH]c2c(F)cc(Br)cc2c1=O. The van der Waals surface area contributed by atoms with Gasteiger partial charge in [-0.05, 0) is 12.1 Å². The Morgan fingerprint density at radius 1 is 1.47 bits per heavy atom. The Bertz CT molecular complexity index is 714. The minimum Gasteiger partial charge on any atom is -0.358 e. The molecule has 0 saturated heterocycles. The van der Waals surface area contributed by atoms with Gasteiger partial charge in [-0.1, -0.05) is 15.9 Å². The van der Waals surface area contributed by atoms with Crippen molar-refractivity contribution in [1.29, 1.82) is 0 Å². The van der Waals surface area contributed by atoms with Gasteiger partial charge in [0.1, 0.15) is 11.4 Å². The van der Waals surface area contributed by atoms with E-state index in [1.165, 1.54) is 32.5 Å². The first-order chi connectivity index (χ1) is 8.95. The largest absolute Gasteiger partial charge is 0.358 e. The van der Waals surface area contributed by atoms with Crippen LogP contribution < -0.4 is 5.43 Å². The number of rotatable bonds is 2. The minimum atomic E-state index is -0.606. The average Bonchev–Trinajstić information content (AvgIpc) is 2.38. The monoisotopic (exact) mass is 328 g/mol. The van der Waals surface area contributed by atoms with E-state index in [1.54, 1.807) is 0 Å². The lowest BCUT2D eigenvalue weighted by atomic mass is 10.1. The molecular formula is C12H10BrFN2O3. The minimum absolute atomic E-state index is 0.0600. The summed E-state index contributed by atoms with van der Waals surface area (Å²) in [6.07, 6.45) is 1.18. The van der Waals surface area contributed by atoms with Gasteiger partial charge in [0.2, 0.25) is 5.43 Å². The molecule has 1 N–H and O–H groups in total. The van der Waals surface area contributed by atoms with Crippen LogP contribution >= 0.6 is 15.9 Å². The van der Waals surface area contributed by atoms with Gasteiger partial charge in [-0.25, -0.2) is 9.45 Å². The second kappa shape index (κ2) is 5.10. The summed E-state index contributed by atoms with van der Waals surface area (Å²) in [4.78, 5) is 31.4. The van der Waals surface area contributed by atoms with Crippen LogP contribution in [0, 0.1) is 5.82 Å². The summed E-state index contributed by atoms with van der Waals surface area (Å²) < 4.78 is 14.1. The number of aromatic nitrogens is 1. The highest BCUT2D eigenvalue weighted by molar-refractivity contribution is 9.10. The van der Waals surface area contributed by atoms with E-state index in [9.17, 15) is 14.0 Å². The molecule has 1 aromatic heterocycles. The maximum absolute atomic E-state index is 13.7. The number of carbonyl (C=O) groups is 1. The van der Waals surface area contributed by atoms with Gasteiger partial charge in [-0.15, -0.1) is 0 Å². The van der Waals surface area contributed by atoms with E-state index in [0.29, 0.717) is 4.47 Å². The van der Waals surface area contributed by atoms with Crippen LogP contribution in [0.4, 0.5) is 4.39 Å². The second-order valence-electron chi connectivity index (χ2n) is 3.83. The fraction of sp³-hybridized carbons (Fsp3) is 0.167. The first-order valence-corrected chi connectivity index (χ1v) is 6.07. The van der Waals surface area contributed by atoms with Crippen LogP contribution in [0.2, 0.25) is 0 Å². The fourth-order valence-electron chi connectivity index (χ4n) is 1.67. The summed E-state index contributed by atoms with van der Waals surface area (Å²) in [5.41, 5.74) is -0.609. The summed E-state index contributed by atoms with van der Waals surface area (Å²) in [5, 5.41) is 1.02. The molecule has 0 unspecified atom stereocenters. The first kappa shape index (κ1) is 13.7. The Balaban J connectivity index is 2.71. The zero-order chi connectivity index (χ0) is 14.2. The van der Waals surface area contributed by atoms with Gasteiger partial charge in [0.15, 0.2) is 0 Å². The molecule has 2 aromatic rings. The number of hydroxylamine groups is 2. The number of fused-ring (bicyclic) bond motifs is 1. The molecule has 100 valence electrons. The zero-order valence-corrected chi connectivity index (χ0v) is 11.7. The van der Waals surface area contributed by atoms with Gasteiger partial charge in [0.25, 0.3) is 5.91 Å². The smallest absolute Gasteiger partial charge is 0.282 e. The van der Waals surface area contributed by atoms with Crippen LogP contribution in [-0.4, -0.2) is 30.1 Å². The maximum atomic E-state index is 13.7. The van der Waals surface area contributed by atoms with Crippen molar-refractivity contribution in [2.24, 2.45) is 0 Å². The van der Waals surface area contributed by atoms with Crippen LogP contribution in [-0.2, 0) is 4.84 Å². The lowest BCUT2D eigenvalue weighted by Crippen LogP contribution is -2.30. The van der Waals surface area contributed by atoms with E-state index in [-0.39, 0.29) is 16.5 Å².